The Bertz CT molecular complexity index is 384. The fourth-order valence-electron chi connectivity index (χ4n) is 1.20. The van der Waals surface area contributed by atoms with Gasteiger partial charge in [0.05, 0.1) is 17.5 Å². The highest BCUT2D eigenvalue weighted by Gasteiger charge is 2.04. The van der Waals surface area contributed by atoms with Crippen LogP contribution < -0.4 is 4.74 Å². The van der Waals surface area contributed by atoms with Gasteiger partial charge >= 0.3 is 0 Å². The molecule has 0 spiro atoms. The van der Waals surface area contributed by atoms with Crippen molar-refractivity contribution in [2.75, 3.05) is 7.11 Å². The minimum atomic E-state index is 0.895. The number of aromatic nitrogens is 1. The van der Waals surface area contributed by atoms with Crippen molar-refractivity contribution in [3.63, 3.8) is 0 Å². The molecule has 0 saturated heterocycles. The van der Waals surface area contributed by atoms with Crippen LogP contribution in [0.4, 0.5) is 0 Å². The summed E-state index contributed by atoms with van der Waals surface area (Å²) in [6.45, 7) is 0. The molecule has 0 unspecified atom stereocenters. The number of para-hydroxylation sites is 1. The lowest BCUT2D eigenvalue weighted by Crippen LogP contribution is -1.84. The van der Waals surface area contributed by atoms with E-state index >= 15 is 0 Å². The van der Waals surface area contributed by atoms with Crippen molar-refractivity contribution >= 4 is 11.3 Å². The van der Waals surface area contributed by atoms with Gasteiger partial charge in [-0.2, -0.15) is 0 Å². The average Bonchev–Trinajstić information content (AvgIpc) is 2.70. The maximum absolute atomic E-state index is 5.25. The number of ether oxygens (including phenoxy) is 1. The number of benzene rings is 1. The monoisotopic (exact) mass is 191 g/mol. The molecule has 66 valence electrons. The Morgan fingerprint density at radius 1 is 1.31 bits per heavy atom. The second-order valence-electron chi connectivity index (χ2n) is 2.57. The first kappa shape index (κ1) is 8.26. The normalized spacial score (nSPS) is 9.92. The van der Waals surface area contributed by atoms with E-state index in [1.54, 1.807) is 18.4 Å². The third-order valence-corrected chi connectivity index (χ3v) is 2.61. The molecule has 1 heterocycles. The maximum atomic E-state index is 5.25. The smallest absolute Gasteiger partial charge is 0.127 e. The van der Waals surface area contributed by atoms with Crippen LogP contribution in [0.5, 0.6) is 5.75 Å². The van der Waals surface area contributed by atoms with E-state index in [4.69, 9.17) is 4.74 Å². The predicted octanol–water partition coefficient (Wildman–Crippen LogP) is 2.82. The molecule has 0 fully saturated rings. The molecule has 2 nitrogen and oxygen atoms in total. The minimum Gasteiger partial charge on any atom is -0.496 e. The Morgan fingerprint density at radius 3 is 2.85 bits per heavy atom. The van der Waals surface area contributed by atoms with Crippen LogP contribution in [0.2, 0.25) is 0 Å². The van der Waals surface area contributed by atoms with Crippen molar-refractivity contribution in [3.05, 3.63) is 36.0 Å². The van der Waals surface area contributed by atoms with Crippen LogP contribution in [0, 0.1) is 0 Å². The maximum Gasteiger partial charge on any atom is 0.127 e. The number of hydrogen-bond acceptors (Lipinski definition) is 3. The first-order chi connectivity index (χ1) is 6.42. The van der Waals surface area contributed by atoms with Gasteiger partial charge in [0.25, 0.3) is 0 Å². The van der Waals surface area contributed by atoms with Gasteiger partial charge in [-0.25, -0.2) is 0 Å². The fraction of sp³-hybridized carbons (Fsp3) is 0.100. The molecule has 3 heteroatoms. The van der Waals surface area contributed by atoms with Crippen LogP contribution in [-0.2, 0) is 0 Å². The van der Waals surface area contributed by atoms with Crippen LogP contribution in [0.1, 0.15) is 0 Å². The summed E-state index contributed by atoms with van der Waals surface area (Å²) in [4.78, 5) is 5.17. The van der Waals surface area contributed by atoms with Crippen molar-refractivity contribution in [1.29, 1.82) is 0 Å². The summed E-state index contributed by atoms with van der Waals surface area (Å²) in [5.41, 5.74) is 2.93. The lowest BCUT2D eigenvalue weighted by Gasteiger charge is -2.04. The molecule has 0 aliphatic heterocycles. The van der Waals surface area contributed by atoms with Crippen molar-refractivity contribution in [2.24, 2.45) is 0 Å². The highest BCUT2D eigenvalue weighted by Crippen LogP contribution is 2.31. The molecule has 1 aromatic carbocycles. The van der Waals surface area contributed by atoms with E-state index in [9.17, 15) is 0 Å². The van der Waals surface area contributed by atoms with Gasteiger partial charge in [-0.05, 0) is 12.1 Å². The molecule has 0 aliphatic rings. The molecule has 0 saturated carbocycles. The van der Waals surface area contributed by atoms with Gasteiger partial charge < -0.3 is 4.74 Å². The predicted molar refractivity (Wildman–Crippen MR) is 54.1 cm³/mol. The van der Waals surface area contributed by atoms with Gasteiger partial charge in [0.1, 0.15) is 5.75 Å². The lowest BCUT2D eigenvalue weighted by atomic mass is 10.2. The number of hydrogen-bond donors (Lipinski definition) is 0. The van der Waals surface area contributed by atoms with E-state index in [0.29, 0.717) is 0 Å². The second-order valence-corrected chi connectivity index (χ2v) is 3.45. The summed E-state index contributed by atoms with van der Waals surface area (Å²) in [7, 11) is 1.68. The molecule has 0 aliphatic carbocycles. The summed E-state index contributed by atoms with van der Waals surface area (Å²) in [6.07, 6.45) is 1.85. The molecule has 0 radical (unpaired) electrons. The van der Waals surface area contributed by atoms with E-state index in [1.165, 1.54) is 0 Å². The van der Waals surface area contributed by atoms with E-state index in [2.05, 4.69) is 4.98 Å². The Morgan fingerprint density at radius 2 is 2.15 bits per heavy atom. The zero-order chi connectivity index (χ0) is 9.10. The van der Waals surface area contributed by atoms with Crippen LogP contribution in [-0.4, -0.2) is 12.1 Å². The van der Waals surface area contributed by atoms with Crippen molar-refractivity contribution in [1.82, 2.24) is 4.98 Å². The van der Waals surface area contributed by atoms with Gasteiger partial charge in [0.2, 0.25) is 0 Å². The van der Waals surface area contributed by atoms with Gasteiger partial charge in [-0.3, -0.25) is 4.98 Å². The molecule has 0 amide bonds. The summed E-state index contributed by atoms with van der Waals surface area (Å²) < 4.78 is 5.25. The lowest BCUT2D eigenvalue weighted by molar-refractivity contribution is 0.416. The molecule has 0 atom stereocenters. The average molecular weight is 191 g/mol. The molecule has 0 N–H and O–H groups in total. The van der Waals surface area contributed by atoms with Crippen LogP contribution in [0.25, 0.3) is 10.4 Å². The van der Waals surface area contributed by atoms with Gasteiger partial charge in [-0.15, -0.1) is 11.3 Å². The first-order valence-corrected chi connectivity index (χ1v) is 4.81. The number of nitrogens with zero attached hydrogens (tertiary/aromatic N) is 1. The Kier molecular flexibility index (Phi) is 2.27. The number of methoxy groups -OCH3 is 1. The van der Waals surface area contributed by atoms with E-state index in [0.717, 1.165) is 16.2 Å². The summed E-state index contributed by atoms with van der Waals surface area (Å²) in [6, 6.07) is 7.95. The highest BCUT2D eigenvalue weighted by atomic mass is 32.1. The van der Waals surface area contributed by atoms with Gasteiger partial charge in [0.15, 0.2) is 0 Å². The van der Waals surface area contributed by atoms with Crippen molar-refractivity contribution < 1.29 is 4.74 Å². The van der Waals surface area contributed by atoms with E-state index < -0.39 is 0 Å². The molecule has 1 aromatic heterocycles. The van der Waals surface area contributed by atoms with Crippen LogP contribution >= 0.6 is 11.3 Å². The minimum absolute atomic E-state index is 0.895. The molecule has 2 rings (SSSR count). The Hall–Kier alpha value is -1.35. The van der Waals surface area contributed by atoms with Crippen molar-refractivity contribution in [2.45, 2.75) is 0 Å². The summed E-state index contributed by atoms with van der Waals surface area (Å²) in [5.74, 6) is 0.895. The third kappa shape index (κ3) is 1.55. The summed E-state index contributed by atoms with van der Waals surface area (Å²) in [5, 5.41) is 0. The van der Waals surface area contributed by atoms with E-state index in [1.807, 2.05) is 36.0 Å². The number of thiazole rings is 1. The van der Waals surface area contributed by atoms with Crippen LogP contribution in [0.15, 0.2) is 36.0 Å². The summed E-state index contributed by atoms with van der Waals surface area (Å²) >= 11 is 1.61. The number of rotatable bonds is 2. The first-order valence-electron chi connectivity index (χ1n) is 3.93. The Labute approximate surface area is 80.8 Å². The topological polar surface area (TPSA) is 22.1 Å². The molecule has 0 bridgehead atoms. The van der Waals surface area contributed by atoms with Gasteiger partial charge in [-0.1, -0.05) is 12.1 Å². The third-order valence-electron chi connectivity index (χ3n) is 1.80. The molecule has 13 heavy (non-hydrogen) atoms. The van der Waals surface area contributed by atoms with Crippen molar-refractivity contribution in [3.8, 4) is 16.2 Å². The molecular formula is C10H9NOS. The Balaban J connectivity index is 2.51. The zero-order valence-corrected chi connectivity index (χ0v) is 8.04. The zero-order valence-electron chi connectivity index (χ0n) is 7.23. The van der Waals surface area contributed by atoms with E-state index in [-0.39, 0.29) is 0 Å². The molecule has 2 aromatic rings. The molecular weight excluding hydrogens is 182 g/mol. The second kappa shape index (κ2) is 3.58. The van der Waals surface area contributed by atoms with Crippen LogP contribution in [0.3, 0.4) is 0 Å². The fourth-order valence-corrected chi connectivity index (χ4v) is 1.85. The SMILES string of the molecule is COc1ccccc1-c1cncs1. The van der Waals surface area contributed by atoms with Gasteiger partial charge in [0, 0.05) is 11.8 Å². The quantitative estimate of drug-likeness (QED) is 0.728. The highest BCUT2D eigenvalue weighted by molar-refractivity contribution is 7.13. The largest absolute Gasteiger partial charge is 0.496 e. The standard InChI is InChI=1S/C10H9NOS/c1-12-9-5-3-2-4-8(9)10-6-11-7-13-10/h2-7H,1H3.